The van der Waals surface area contributed by atoms with Gasteiger partial charge in [-0.1, -0.05) is 0 Å². The summed E-state index contributed by atoms with van der Waals surface area (Å²) in [6, 6.07) is 3.74. The zero-order valence-corrected chi connectivity index (χ0v) is 14.8. The van der Waals surface area contributed by atoms with Gasteiger partial charge in [-0.05, 0) is 19.1 Å². The molecule has 4 N–H and O–H groups in total. The molecule has 8 heteroatoms. The number of rotatable bonds is 5. The fraction of sp³-hybridized carbons (Fsp3) is 0.471. The average molecular weight is 343 g/mol. The molecule has 3 rings (SSSR count). The van der Waals surface area contributed by atoms with Crippen LogP contribution in [0.25, 0.3) is 11.1 Å². The number of aromatic nitrogens is 3. The molecular weight excluding hydrogens is 318 g/mol. The smallest absolute Gasteiger partial charge is 0.222 e. The van der Waals surface area contributed by atoms with E-state index in [1.165, 1.54) is 0 Å². The van der Waals surface area contributed by atoms with Crippen molar-refractivity contribution in [2.45, 2.75) is 6.92 Å². The molecule has 134 valence electrons. The van der Waals surface area contributed by atoms with Gasteiger partial charge in [-0.15, -0.1) is 0 Å². The summed E-state index contributed by atoms with van der Waals surface area (Å²) in [5.74, 6) is 1.65. The molecule has 8 nitrogen and oxygen atoms in total. The summed E-state index contributed by atoms with van der Waals surface area (Å²) in [6.07, 6.45) is 1.76. The highest BCUT2D eigenvalue weighted by Crippen LogP contribution is 2.32. The van der Waals surface area contributed by atoms with Gasteiger partial charge in [0.25, 0.3) is 0 Å². The quantitative estimate of drug-likeness (QED) is 0.820. The first-order chi connectivity index (χ1) is 12.1. The standard InChI is InChI=1S/C17H25N7O/c1-12-15(13-3-4-14(18)20-11-13)16(22-17(19)21-12)24-7-5-23(6-8-24)9-10-25-2/h3-4,11H,5-10H2,1-2H3,(H2,18,20)(H2,19,21,22). The summed E-state index contributed by atoms with van der Waals surface area (Å²) in [7, 11) is 1.73. The van der Waals surface area contributed by atoms with Gasteiger partial charge in [0.1, 0.15) is 11.6 Å². The number of anilines is 3. The van der Waals surface area contributed by atoms with Gasteiger partial charge >= 0.3 is 0 Å². The van der Waals surface area contributed by atoms with Crippen LogP contribution in [0.1, 0.15) is 5.69 Å². The SMILES string of the molecule is COCCN1CCN(c2nc(N)nc(C)c2-c2ccc(N)nc2)CC1. The van der Waals surface area contributed by atoms with Crippen LogP contribution in [0.4, 0.5) is 17.6 Å². The number of methoxy groups -OCH3 is 1. The first kappa shape index (κ1) is 17.4. The molecule has 1 aliphatic heterocycles. The summed E-state index contributed by atoms with van der Waals surface area (Å²) in [5.41, 5.74) is 14.4. The summed E-state index contributed by atoms with van der Waals surface area (Å²) < 4.78 is 5.16. The van der Waals surface area contributed by atoms with Gasteiger partial charge in [-0.25, -0.2) is 9.97 Å². The van der Waals surface area contributed by atoms with Crippen molar-refractivity contribution in [1.29, 1.82) is 0 Å². The Morgan fingerprint density at radius 2 is 1.88 bits per heavy atom. The Labute approximate surface area is 147 Å². The Morgan fingerprint density at radius 1 is 1.12 bits per heavy atom. The number of pyridine rings is 1. The molecule has 0 spiro atoms. The van der Waals surface area contributed by atoms with E-state index in [1.54, 1.807) is 19.4 Å². The van der Waals surface area contributed by atoms with E-state index in [0.29, 0.717) is 11.8 Å². The van der Waals surface area contributed by atoms with E-state index in [4.69, 9.17) is 16.2 Å². The maximum Gasteiger partial charge on any atom is 0.222 e. The highest BCUT2D eigenvalue weighted by atomic mass is 16.5. The molecular formula is C17H25N7O. The highest BCUT2D eigenvalue weighted by Gasteiger charge is 2.23. The van der Waals surface area contributed by atoms with E-state index in [1.807, 2.05) is 13.0 Å². The number of ether oxygens (including phenoxy) is 1. The van der Waals surface area contributed by atoms with Crippen molar-refractivity contribution in [3.63, 3.8) is 0 Å². The van der Waals surface area contributed by atoms with Crippen molar-refractivity contribution in [1.82, 2.24) is 19.9 Å². The lowest BCUT2D eigenvalue weighted by Crippen LogP contribution is -2.47. The lowest BCUT2D eigenvalue weighted by atomic mass is 10.1. The van der Waals surface area contributed by atoms with E-state index >= 15 is 0 Å². The number of hydrogen-bond donors (Lipinski definition) is 2. The van der Waals surface area contributed by atoms with E-state index < -0.39 is 0 Å². The second-order valence-corrected chi connectivity index (χ2v) is 6.16. The zero-order chi connectivity index (χ0) is 17.8. The normalized spacial score (nSPS) is 15.5. The lowest BCUT2D eigenvalue weighted by molar-refractivity contribution is 0.144. The van der Waals surface area contributed by atoms with Crippen LogP contribution in [0.15, 0.2) is 18.3 Å². The van der Waals surface area contributed by atoms with Crippen LogP contribution < -0.4 is 16.4 Å². The van der Waals surface area contributed by atoms with Crippen molar-refractivity contribution in [2.75, 3.05) is 62.8 Å². The molecule has 0 unspecified atom stereocenters. The van der Waals surface area contributed by atoms with Gasteiger partial charge in [0.2, 0.25) is 5.95 Å². The third kappa shape index (κ3) is 3.97. The number of aryl methyl sites for hydroxylation is 1. The van der Waals surface area contributed by atoms with Crippen molar-refractivity contribution >= 4 is 17.6 Å². The third-order valence-corrected chi connectivity index (χ3v) is 4.45. The topological polar surface area (TPSA) is 106 Å². The maximum atomic E-state index is 5.92. The minimum absolute atomic E-state index is 0.293. The van der Waals surface area contributed by atoms with Crippen LogP contribution in [0.5, 0.6) is 0 Å². The minimum atomic E-state index is 0.293. The van der Waals surface area contributed by atoms with Crippen LogP contribution in [0, 0.1) is 6.92 Å². The largest absolute Gasteiger partial charge is 0.384 e. The van der Waals surface area contributed by atoms with Crippen LogP contribution >= 0.6 is 0 Å². The number of nitrogens with two attached hydrogens (primary N) is 2. The zero-order valence-electron chi connectivity index (χ0n) is 14.8. The third-order valence-electron chi connectivity index (χ3n) is 4.45. The van der Waals surface area contributed by atoms with E-state index in [-0.39, 0.29) is 0 Å². The maximum absolute atomic E-state index is 5.92. The summed E-state index contributed by atoms with van der Waals surface area (Å²) in [4.78, 5) is 17.7. The Kier molecular flexibility index (Phi) is 5.30. The molecule has 0 radical (unpaired) electrons. The number of nitrogen functional groups attached to an aromatic ring is 2. The van der Waals surface area contributed by atoms with E-state index in [2.05, 4.69) is 24.8 Å². The highest BCUT2D eigenvalue weighted by molar-refractivity contribution is 5.78. The molecule has 1 aliphatic rings. The predicted molar refractivity (Wildman–Crippen MR) is 99.4 cm³/mol. The number of nitrogens with zero attached hydrogens (tertiary/aromatic N) is 5. The monoisotopic (exact) mass is 343 g/mol. The van der Waals surface area contributed by atoms with Gasteiger partial charge in [0.15, 0.2) is 0 Å². The fourth-order valence-corrected chi connectivity index (χ4v) is 3.10. The van der Waals surface area contributed by atoms with E-state index in [9.17, 15) is 0 Å². The van der Waals surface area contributed by atoms with Crippen molar-refractivity contribution in [2.24, 2.45) is 0 Å². The summed E-state index contributed by atoms with van der Waals surface area (Å²) in [5, 5.41) is 0. The molecule has 0 saturated carbocycles. The van der Waals surface area contributed by atoms with Crippen molar-refractivity contribution < 1.29 is 4.74 Å². The lowest BCUT2D eigenvalue weighted by Gasteiger charge is -2.36. The van der Waals surface area contributed by atoms with Crippen LogP contribution in [0.2, 0.25) is 0 Å². The first-order valence-corrected chi connectivity index (χ1v) is 8.40. The minimum Gasteiger partial charge on any atom is -0.384 e. The molecule has 0 aromatic carbocycles. The molecule has 3 heterocycles. The average Bonchev–Trinajstić information content (AvgIpc) is 2.61. The van der Waals surface area contributed by atoms with Crippen LogP contribution in [0.3, 0.4) is 0 Å². The number of hydrogen-bond acceptors (Lipinski definition) is 8. The fourth-order valence-electron chi connectivity index (χ4n) is 3.10. The van der Waals surface area contributed by atoms with Crippen LogP contribution in [-0.2, 0) is 4.74 Å². The second-order valence-electron chi connectivity index (χ2n) is 6.16. The molecule has 0 amide bonds. The molecule has 2 aromatic heterocycles. The Bertz CT molecular complexity index is 712. The van der Waals surface area contributed by atoms with Crippen molar-refractivity contribution in [3.05, 3.63) is 24.0 Å². The second kappa shape index (κ2) is 7.62. The molecule has 0 atom stereocenters. The Hall–Kier alpha value is -2.45. The Balaban J connectivity index is 1.87. The van der Waals surface area contributed by atoms with Gasteiger partial charge in [0.05, 0.1) is 12.3 Å². The van der Waals surface area contributed by atoms with Crippen LogP contribution in [-0.4, -0.2) is 66.3 Å². The van der Waals surface area contributed by atoms with Gasteiger partial charge in [0, 0.05) is 57.2 Å². The number of piperazine rings is 1. The summed E-state index contributed by atoms with van der Waals surface area (Å²) in [6.45, 7) is 7.34. The molecule has 0 aliphatic carbocycles. The van der Waals surface area contributed by atoms with Gasteiger partial charge < -0.3 is 21.1 Å². The first-order valence-electron chi connectivity index (χ1n) is 8.40. The molecule has 25 heavy (non-hydrogen) atoms. The van der Waals surface area contributed by atoms with Gasteiger partial charge in [-0.3, -0.25) is 4.90 Å². The molecule has 0 bridgehead atoms. The molecule has 2 aromatic rings. The Morgan fingerprint density at radius 3 is 2.52 bits per heavy atom. The van der Waals surface area contributed by atoms with E-state index in [0.717, 1.165) is 62.0 Å². The summed E-state index contributed by atoms with van der Waals surface area (Å²) >= 11 is 0. The molecule has 1 fully saturated rings. The predicted octanol–water partition coefficient (Wildman–Crippen LogP) is 0.780. The molecule has 1 saturated heterocycles. The van der Waals surface area contributed by atoms with Crippen molar-refractivity contribution in [3.8, 4) is 11.1 Å². The van der Waals surface area contributed by atoms with Gasteiger partial charge in [-0.2, -0.15) is 4.98 Å².